The van der Waals surface area contributed by atoms with Gasteiger partial charge in [-0.05, 0) is 43.5 Å². The van der Waals surface area contributed by atoms with Gasteiger partial charge in [-0.2, -0.15) is 0 Å². The molecule has 0 heterocycles. The molecule has 2 aromatic carbocycles. The number of carbonyl (C=O) groups excluding carboxylic acids is 5. The van der Waals surface area contributed by atoms with E-state index in [2.05, 4.69) is 6.58 Å². The number of hydrogen-bond donors (Lipinski definition) is 3. The van der Waals surface area contributed by atoms with Gasteiger partial charge in [-0.25, -0.2) is 9.59 Å². The first-order chi connectivity index (χ1) is 23.3. The molecule has 3 N–H and O–H groups in total. The number of esters is 4. The number of hydrogen-bond acceptors (Lipinski definition) is 12. The van der Waals surface area contributed by atoms with Gasteiger partial charge < -0.3 is 34.3 Å². The lowest BCUT2D eigenvalue weighted by atomic mass is 9.38. The highest BCUT2D eigenvalue weighted by Crippen LogP contribution is 2.67. The van der Waals surface area contributed by atoms with Gasteiger partial charge in [0.1, 0.15) is 36.1 Å². The van der Waals surface area contributed by atoms with Gasteiger partial charge in [-0.3, -0.25) is 14.4 Å². The minimum absolute atomic E-state index is 0.121. The van der Waals surface area contributed by atoms with Crippen LogP contribution < -0.4 is 0 Å². The first-order valence-corrected chi connectivity index (χ1v) is 16.5. The van der Waals surface area contributed by atoms with Crippen LogP contribution in [0.2, 0.25) is 0 Å². The van der Waals surface area contributed by atoms with Crippen molar-refractivity contribution in [2.24, 2.45) is 28.6 Å². The molecule has 0 spiro atoms. The smallest absolute Gasteiger partial charge is 0.338 e. The van der Waals surface area contributed by atoms with Crippen molar-refractivity contribution in [3.05, 3.63) is 84.4 Å². The molecule has 3 aliphatic rings. The van der Waals surface area contributed by atoms with Crippen molar-refractivity contribution in [1.82, 2.24) is 0 Å². The normalized spacial score (nSPS) is 37.3. The third kappa shape index (κ3) is 5.72. The summed E-state index contributed by atoms with van der Waals surface area (Å²) < 4.78 is 23.7. The molecule has 0 aliphatic heterocycles. The number of carbonyl (C=O) groups is 5. The highest BCUT2D eigenvalue weighted by Gasteiger charge is 2.80. The van der Waals surface area contributed by atoms with Crippen LogP contribution in [0, 0.1) is 28.6 Å². The Hall–Kier alpha value is -4.39. The third-order valence-electron chi connectivity index (χ3n) is 11.2. The van der Waals surface area contributed by atoms with E-state index in [1.807, 2.05) is 0 Å². The van der Waals surface area contributed by atoms with E-state index in [1.54, 1.807) is 57.2 Å². The Morgan fingerprint density at radius 1 is 0.780 bits per heavy atom. The molecule has 0 aromatic heterocycles. The zero-order valence-corrected chi connectivity index (χ0v) is 28.9. The fourth-order valence-corrected chi connectivity index (χ4v) is 9.12. The molecule has 0 radical (unpaired) electrons. The van der Waals surface area contributed by atoms with E-state index in [1.165, 1.54) is 37.3 Å². The summed E-state index contributed by atoms with van der Waals surface area (Å²) in [4.78, 5) is 67.2. The molecule has 3 saturated carbocycles. The van der Waals surface area contributed by atoms with Crippen LogP contribution in [0.3, 0.4) is 0 Å². The predicted octanol–water partition coefficient (Wildman–Crippen LogP) is 3.21. The monoisotopic (exact) mass is 692 g/mol. The Morgan fingerprint density at radius 3 is 1.76 bits per heavy atom. The van der Waals surface area contributed by atoms with Gasteiger partial charge in [0, 0.05) is 30.6 Å². The van der Waals surface area contributed by atoms with E-state index >= 15 is 0 Å². The topological polar surface area (TPSA) is 183 Å². The van der Waals surface area contributed by atoms with E-state index in [9.17, 15) is 39.3 Å². The van der Waals surface area contributed by atoms with Crippen LogP contribution in [0.15, 0.2) is 73.3 Å². The number of fused-ring (bicyclic) bond motifs is 3. The quantitative estimate of drug-likeness (QED) is 0.219. The highest BCUT2D eigenvalue weighted by molar-refractivity contribution is 5.98. The Morgan fingerprint density at radius 2 is 1.28 bits per heavy atom. The Labute approximate surface area is 290 Å². The fraction of sp³-hybridized carbons (Fsp3) is 0.500. The first-order valence-electron chi connectivity index (χ1n) is 16.5. The summed E-state index contributed by atoms with van der Waals surface area (Å²) in [6.07, 6.45) is -6.86. The molecule has 12 heteroatoms. The second kappa shape index (κ2) is 13.1. The number of ether oxygens (including phenoxy) is 4. The Balaban J connectivity index is 1.81. The summed E-state index contributed by atoms with van der Waals surface area (Å²) >= 11 is 0. The minimum Gasteiger partial charge on any atom is -0.459 e. The number of ketones is 1. The molecule has 0 bridgehead atoms. The van der Waals surface area contributed by atoms with Crippen LogP contribution >= 0.6 is 0 Å². The molecule has 0 saturated heterocycles. The molecule has 0 amide bonds. The van der Waals surface area contributed by atoms with Gasteiger partial charge >= 0.3 is 23.9 Å². The van der Waals surface area contributed by atoms with E-state index in [4.69, 9.17) is 18.9 Å². The van der Waals surface area contributed by atoms with E-state index < -0.39 is 100.0 Å². The summed E-state index contributed by atoms with van der Waals surface area (Å²) in [6.45, 7) is 12.2. The molecule has 3 aliphatic carbocycles. The van der Waals surface area contributed by atoms with Crippen LogP contribution in [0.25, 0.3) is 0 Å². The Bertz CT molecular complexity index is 1670. The number of aliphatic hydroxyl groups is 3. The summed E-state index contributed by atoms with van der Waals surface area (Å²) in [5.41, 5.74) is -7.84. The maximum Gasteiger partial charge on any atom is 0.338 e. The number of Topliss-reactive ketones (excluding diaryl/α,β-unsaturated/α-hetero) is 1. The van der Waals surface area contributed by atoms with Gasteiger partial charge in [-0.15, -0.1) is 6.58 Å². The van der Waals surface area contributed by atoms with Gasteiger partial charge in [0.2, 0.25) is 0 Å². The molecular formula is C38H44O12. The fourth-order valence-electron chi connectivity index (χ4n) is 9.12. The number of benzene rings is 2. The van der Waals surface area contributed by atoms with Crippen LogP contribution in [0.5, 0.6) is 0 Å². The van der Waals surface area contributed by atoms with E-state index in [-0.39, 0.29) is 17.5 Å². The SMILES string of the molecule is C=CC1[C@@H](OC(=O)c2ccccc2)[C@H]2[C@](O)(C(=O)[C@]1(C)O)[C@H](OC(C)=O)C[C@H]1C(C)(C)[C@H](OC(C)=O)[C@H](O)[C@H](OC(=O)c3ccccc3)[C@@]12C. The average molecular weight is 693 g/mol. The largest absolute Gasteiger partial charge is 0.459 e. The molecule has 12 nitrogen and oxygen atoms in total. The summed E-state index contributed by atoms with van der Waals surface area (Å²) in [5, 5.41) is 36.9. The maximum absolute atomic E-state index is 14.6. The molecule has 3 fully saturated rings. The van der Waals surface area contributed by atoms with Crippen molar-refractivity contribution in [2.75, 3.05) is 0 Å². The van der Waals surface area contributed by atoms with E-state index in [0.29, 0.717) is 0 Å². The van der Waals surface area contributed by atoms with Gasteiger partial charge in [0.05, 0.1) is 17.0 Å². The van der Waals surface area contributed by atoms with Gasteiger partial charge in [-0.1, -0.05) is 63.2 Å². The molecule has 2 aromatic rings. The van der Waals surface area contributed by atoms with Crippen LogP contribution in [-0.4, -0.2) is 86.7 Å². The maximum atomic E-state index is 14.6. The molecule has 50 heavy (non-hydrogen) atoms. The Kier molecular flexibility index (Phi) is 9.63. The lowest BCUT2D eigenvalue weighted by Crippen LogP contribution is -2.83. The second-order valence-electron chi connectivity index (χ2n) is 14.6. The van der Waals surface area contributed by atoms with Crippen molar-refractivity contribution in [3.63, 3.8) is 0 Å². The van der Waals surface area contributed by atoms with Crippen LogP contribution in [0.4, 0.5) is 0 Å². The molecule has 11 atom stereocenters. The van der Waals surface area contributed by atoms with Gasteiger partial charge in [0.25, 0.3) is 0 Å². The summed E-state index contributed by atoms with van der Waals surface area (Å²) in [5.74, 6) is -8.27. The molecule has 268 valence electrons. The second-order valence-corrected chi connectivity index (χ2v) is 14.6. The van der Waals surface area contributed by atoms with Crippen molar-refractivity contribution >= 4 is 29.7 Å². The predicted molar refractivity (Wildman–Crippen MR) is 176 cm³/mol. The molecule has 1 unspecified atom stereocenters. The molecular weight excluding hydrogens is 648 g/mol. The third-order valence-corrected chi connectivity index (χ3v) is 11.2. The number of aliphatic hydroxyl groups excluding tert-OH is 1. The lowest BCUT2D eigenvalue weighted by Gasteiger charge is -2.69. The molecule has 5 rings (SSSR count). The zero-order valence-electron chi connectivity index (χ0n) is 28.9. The lowest BCUT2D eigenvalue weighted by molar-refractivity contribution is -0.320. The van der Waals surface area contributed by atoms with Crippen molar-refractivity contribution < 1.29 is 58.2 Å². The highest BCUT2D eigenvalue weighted by atomic mass is 16.6. The standard InChI is InChI=1S/C38H44O12/c1-8-24-28(49-32(42)22-15-11-9-12-16-22)29-36(6)25(19-26(47-20(2)39)38(29,46)34(44)37(24,7)45)35(4,5)30(48-21(3)40)27(41)31(36)50-33(43)23-17-13-10-14-18-23/h8-18,24-31,41,45-46H,1,19H2,2-7H3/t24?,25-,26+,27-,28+,29+,30+,31-,36-,37+,38-/m0/s1. The van der Waals surface area contributed by atoms with Crippen molar-refractivity contribution in [3.8, 4) is 0 Å². The van der Waals surface area contributed by atoms with Crippen molar-refractivity contribution in [1.29, 1.82) is 0 Å². The van der Waals surface area contributed by atoms with Crippen LogP contribution in [-0.2, 0) is 33.3 Å². The minimum atomic E-state index is -2.76. The first kappa shape index (κ1) is 36.9. The average Bonchev–Trinajstić information content (AvgIpc) is 3.06. The summed E-state index contributed by atoms with van der Waals surface area (Å²) in [7, 11) is 0. The van der Waals surface area contributed by atoms with Crippen molar-refractivity contribution in [2.45, 2.75) is 89.7 Å². The van der Waals surface area contributed by atoms with Gasteiger partial charge in [0.15, 0.2) is 11.4 Å². The van der Waals surface area contributed by atoms with E-state index in [0.717, 1.165) is 13.8 Å². The number of rotatable bonds is 7. The van der Waals surface area contributed by atoms with Crippen LogP contribution in [0.1, 0.15) is 68.7 Å². The zero-order chi connectivity index (χ0) is 37.0. The summed E-state index contributed by atoms with van der Waals surface area (Å²) in [6, 6.07) is 15.8.